The Labute approximate surface area is 183 Å². The monoisotopic (exact) mass is 416 g/mol. The van der Waals surface area contributed by atoms with Crippen LogP contribution in [0.1, 0.15) is 18.1 Å². The first-order chi connectivity index (χ1) is 15.8. The molecule has 0 saturated heterocycles. The zero-order valence-corrected chi connectivity index (χ0v) is 17.6. The summed E-state index contributed by atoms with van der Waals surface area (Å²) in [5.74, 6) is 0. The van der Waals surface area contributed by atoms with Gasteiger partial charge >= 0.3 is 0 Å². The number of fused-ring (bicyclic) bond motifs is 9. The predicted molar refractivity (Wildman–Crippen MR) is 128 cm³/mol. The van der Waals surface area contributed by atoms with Gasteiger partial charge in [0.2, 0.25) is 0 Å². The molecule has 0 amide bonds. The lowest BCUT2D eigenvalue weighted by atomic mass is 10.0. The van der Waals surface area contributed by atoms with E-state index in [-0.39, 0.29) is 0 Å². The molecular formula is C27H20N4O. The van der Waals surface area contributed by atoms with Crippen LogP contribution in [0, 0.1) is 0 Å². The van der Waals surface area contributed by atoms with Gasteiger partial charge in [-0.3, -0.25) is 4.40 Å². The molecule has 4 heterocycles. The molecule has 0 aliphatic carbocycles. The van der Waals surface area contributed by atoms with Crippen LogP contribution < -0.4 is 0 Å². The molecule has 0 spiro atoms. The summed E-state index contributed by atoms with van der Waals surface area (Å²) in [5, 5.41) is 8.94. The number of pyridine rings is 1. The number of hydrogen-bond donors (Lipinski definition) is 0. The van der Waals surface area contributed by atoms with Crippen LogP contribution in [0.2, 0.25) is 0 Å². The second kappa shape index (κ2) is 6.44. The van der Waals surface area contributed by atoms with Crippen LogP contribution in [-0.2, 0) is 13.0 Å². The third-order valence-electron chi connectivity index (χ3n) is 6.59. The van der Waals surface area contributed by atoms with Gasteiger partial charge in [-0.15, -0.1) is 0 Å². The summed E-state index contributed by atoms with van der Waals surface area (Å²) in [7, 11) is 0. The van der Waals surface area contributed by atoms with Crippen molar-refractivity contribution >= 4 is 49.3 Å². The van der Waals surface area contributed by atoms with Crippen molar-refractivity contribution in [1.29, 1.82) is 0 Å². The summed E-state index contributed by atoms with van der Waals surface area (Å²) in [6.07, 6.45) is 6.35. The van der Waals surface area contributed by atoms with E-state index in [9.17, 15) is 0 Å². The fraction of sp³-hybridized carbons (Fsp3) is 0.111. The first kappa shape index (κ1) is 17.5. The summed E-state index contributed by atoms with van der Waals surface area (Å²) >= 11 is 0. The Morgan fingerprint density at radius 2 is 1.59 bits per heavy atom. The third-order valence-corrected chi connectivity index (χ3v) is 6.59. The topological polar surface area (TPSA) is 48.3 Å². The van der Waals surface area contributed by atoms with Crippen molar-refractivity contribution in [2.45, 2.75) is 19.9 Å². The number of benzene rings is 3. The molecule has 154 valence electrons. The Bertz CT molecular complexity index is 1800. The average molecular weight is 416 g/mol. The number of aryl methyl sites for hydroxylation is 1. The molecule has 3 aromatic carbocycles. The van der Waals surface area contributed by atoms with E-state index in [1.165, 1.54) is 32.9 Å². The number of rotatable bonds is 3. The molecule has 32 heavy (non-hydrogen) atoms. The minimum absolute atomic E-state index is 0.860. The molecule has 0 atom stereocenters. The first-order valence-electron chi connectivity index (χ1n) is 10.9. The summed E-state index contributed by atoms with van der Waals surface area (Å²) in [6, 6.07) is 22.1. The summed E-state index contributed by atoms with van der Waals surface area (Å²) in [6.45, 7) is 3.17. The predicted octanol–water partition coefficient (Wildman–Crippen LogP) is 6.35. The molecule has 0 aliphatic rings. The maximum atomic E-state index is 5.31. The fourth-order valence-electron chi connectivity index (χ4n) is 5.17. The molecule has 0 saturated carbocycles. The quantitative estimate of drug-likeness (QED) is 0.337. The van der Waals surface area contributed by atoms with Crippen LogP contribution in [0.15, 0.2) is 83.8 Å². The van der Waals surface area contributed by atoms with Gasteiger partial charge in [-0.25, -0.2) is 4.98 Å². The second-order valence-electron chi connectivity index (χ2n) is 8.34. The smallest absolute Gasteiger partial charge is 0.150 e. The lowest BCUT2D eigenvalue weighted by molar-refractivity contribution is 0.429. The highest BCUT2D eigenvalue weighted by Crippen LogP contribution is 2.32. The number of hydrogen-bond acceptors (Lipinski definition) is 3. The molecule has 7 aromatic rings. The van der Waals surface area contributed by atoms with Crippen LogP contribution in [0.5, 0.6) is 0 Å². The number of para-hydroxylation sites is 1. The summed E-state index contributed by atoms with van der Waals surface area (Å²) in [4.78, 5) is 4.48. The van der Waals surface area contributed by atoms with Gasteiger partial charge in [0.05, 0.1) is 10.9 Å². The van der Waals surface area contributed by atoms with E-state index >= 15 is 0 Å². The Morgan fingerprint density at radius 3 is 2.47 bits per heavy atom. The molecule has 0 bridgehead atoms. The van der Waals surface area contributed by atoms with Gasteiger partial charge in [0.1, 0.15) is 17.4 Å². The zero-order chi connectivity index (χ0) is 21.2. The van der Waals surface area contributed by atoms with Crippen molar-refractivity contribution in [3.05, 3.63) is 90.4 Å². The van der Waals surface area contributed by atoms with Crippen LogP contribution >= 0.6 is 0 Å². The van der Waals surface area contributed by atoms with E-state index in [1.54, 1.807) is 6.26 Å². The third kappa shape index (κ3) is 2.33. The van der Waals surface area contributed by atoms with E-state index < -0.39 is 0 Å². The minimum Gasteiger partial charge on any atom is -0.363 e. The largest absolute Gasteiger partial charge is 0.363 e. The molecule has 0 unspecified atom stereocenters. The van der Waals surface area contributed by atoms with E-state index in [0.29, 0.717) is 0 Å². The normalized spacial score (nSPS) is 12.2. The van der Waals surface area contributed by atoms with Crippen molar-refractivity contribution in [2.24, 2.45) is 0 Å². The van der Waals surface area contributed by atoms with Crippen molar-refractivity contribution in [3.63, 3.8) is 0 Å². The Kier molecular flexibility index (Phi) is 3.53. The molecule has 7 rings (SSSR count). The standard InChI is InChI=1S/C27H20N4O/c1-2-30-23-6-4-3-5-19(23)20-14-17(7-9-24(20)30)13-18-8-10-25-21(15-18)26-22(16-32-29-26)27-28-11-12-31(25)27/h3-12,14-16H,2,13H2,1H3. The van der Waals surface area contributed by atoms with E-state index in [2.05, 4.69) is 86.7 Å². The Morgan fingerprint density at radius 1 is 0.812 bits per heavy atom. The summed E-state index contributed by atoms with van der Waals surface area (Å²) < 4.78 is 9.80. The van der Waals surface area contributed by atoms with Gasteiger partial charge in [0.25, 0.3) is 0 Å². The molecule has 0 aliphatic heterocycles. The van der Waals surface area contributed by atoms with Gasteiger partial charge in [0, 0.05) is 46.1 Å². The van der Waals surface area contributed by atoms with Gasteiger partial charge in [-0.05, 0) is 54.8 Å². The van der Waals surface area contributed by atoms with Gasteiger partial charge < -0.3 is 9.09 Å². The van der Waals surface area contributed by atoms with Crippen molar-refractivity contribution in [3.8, 4) is 0 Å². The second-order valence-corrected chi connectivity index (χ2v) is 8.34. The van der Waals surface area contributed by atoms with E-state index in [0.717, 1.165) is 40.4 Å². The van der Waals surface area contributed by atoms with Crippen molar-refractivity contribution in [1.82, 2.24) is 19.1 Å². The number of nitrogens with zero attached hydrogens (tertiary/aromatic N) is 4. The van der Waals surface area contributed by atoms with Crippen LogP contribution in [0.3, 0.4) is 0 Å². The highest BCUT2D eigenvalue weighted by molar-refractivity contribution is 6.10. The first-order valence-corrected chi connectivity index (χ1v) is 10.9. The highest BCUT2D eigenvalue weighted by atomic mass is 16.5. The Hall–Kier alpha value is -4.12. The van der Waals surface area contributed by atoms with Gasteiger partial charge in [0.15, 0.2) is 0 Å². The van der Waals surface area contributed by atoms with E-state index in [1.807, 2.05) is 12.4 Å². The van der Waals surface area contributed by atoms with Crippen molar-refractivity contribution < 1.29 is 4.52 Å². The zero-order valence-electron chi connectivity index (χ0n) is 17.6. The SMILES string of the molecule is CCn1c2ccccc2c2cc(Cc3ccc4c(c3)c3nocc3c3nccn43)ccc21. The lowest BCUT2D eigenvalue weighted by Gasteiger charge is -2.08. The molecule has 5 nitrogen and oxygen atoms in total. The Balaban J connectivity index is 1.39. The fourth-order valence-corrected chi connectivity index (χ4v) is 5.17. The number of imidazole rings is 1. The van der Waals surface area contributed by atoms with Crippen LogP contribution in [0.25, 0.3) is 49.3 Å². The average Bonchev–Trinajstić information content (AvgIpc) is 3.56. The molecule has 0 radical (unpaired) electrons. The highest BCUT2D eigenvalue weighted by Gasteiger charge is 2.14. The lowest BCUT2D eigenvalue weighted by Crippen LogP contribution is -1.94. The maximum absolute atomic E-state index is 5.31. The van der Waals surface area contributed by atoms with Crippen LogP contribution in [0.4, 0.5) is 0 Å². The molecule has 4 aromatic heterocycles. The maximum Gasteiger partial charge on any atom is 0.150 e. The molecule has 5 heteroatoms. The van der Waals surface area contributed by atoms with Crippen LogP contribution in [-0.4, -0.2) is 19.1 Å². The van der Waals surface area contributed by atoms with Crippen molar-refractivity contribution in [2.75, 3.05) is 0 Å². The van der Waals surface area contributed by atoms with Gasteiger partial charge in [-0.1, -0.05) is 35.5 Å². The van der Waals surface area contributed by atoms with Gasteiger partial charge in [-0.2, -0.15) is 0 Å². The molecule has 0 N–H and O–H groups in total. The molecular weight excluding hydrogens is 396 g/mol. The molecule has 0 fully saturated rings. The number of aromatic nitrogens is 4. The summed E-state index contributed by atoms with van der Waals surface area (Å²) in [5.41, 5.74) is 7.97. The van der Waals surface area contributed by atoms with E-state index in [4.69, 9.17) is 4.52 Å². The minimum atomic E-state index is 0.860.